The average molecular weight is 455 g/mol. The summed E-state index contributed by atoms with van der Waals surface area (Å²) < 4.78 is 10.0. The van der Waals surface area contributed by atoms with Crippen molar-refractivity contribution in [1.29, 1.82) is 0 Å². The van der Waals surface area contributed by atoms with Crippen LogP contribution in [0.1, 0.15) is 78.7 Å². The van der Waals surface area contributed by atoms with Gasteiger partial charge in [0.2, 0.25) is 0 Å². The molecule has 0 aromatic heterocycles. The number of hydrogen-bond acceptors (Lipinski definition) is 6. The van der Waals surface area contributed by atoms with Gasteiger partial charge in [-0.25, -0.2) is 0 Å². The molecule has 1 aromatic carbocycles. The molecule has 0 amide bonds. The minimum Gasteiger partial charge on any atom is -0.462 e. The van der Waals surface area contributed by atoms with Crippen molar-refractivity contribution in [3.8, 4) is 0 Å². The van der Waals surface area contributed by atoms with E-state index in [1.165, 1.54) is 23.7 Å². The SMILES string of the molecule is CCC(C)c1ccccc1.CCCC(C)(CC)C(=O)OCC(O)COC(=O)CSCC. The van der Waals surface area contributed by atoms with Gasteiger partial charge in [-0.1, -0.05) is 71.4 Å². The summed E-state index contributed by atoms with van der Waals surface area (Å²) in [7, 11) is 0. The third-order valence-corrected chi connectivity index (χ3v) is 6.17. The highest BCUT2D eigenvalue weighted by Crippen LogP contribution is 2.28. The third-order valence-electron chi connectivity index (χ3n) is 5.32. The smallest absolute Gasteiger partial charge is 0.315 e. The molecule has 0 aliphatic rings. The molecule has 0 saturated heterocycles. The zero-order chi connectivity index (χ0) is 23.7. The van der Waals surface area contributed by atoms with E-state index in [1.54, 1.807) is 0 Å². The van der Waals surface area contributed by atoms with E-state index >= 15 is 0 Å². The maximum absolute atomic E-state index is 12.0. The maximum Gasteiger partial charge on any atom is 0.315 e. The van der Waals surface area contributed by atoms with Crippen LogP contribution in [0, 0.1) is 5.41 Å². The summed E-state index contributed by atoms with van der Waals surface area (Å²) in [4.78, 5) is 23.3. The van der Waals surface area contributed by atoms with Gasteiger partial charge in [-0.3, -0.25) is 9.59 Å². The van der Waals surface area contributed by atoms with E-state index in [2.05, 4.69) is 44.2 Å². The summed E-state index contributed by atoms with van der Waals surface area (Å²) in [6.45, 7) is 12.0. The molecule has 31 heavy (non-hydrogen) atoms. The standard InChI is InChI=1S/C15H28O5S.C10H14/c1-5-8-15(4,6-2)14(18)20-10-12(16)9-19-13(17)11-21-7-3;1-3-9(2)10-7-5-4-6-8-10/h12,16H,5-11H2,1-4H3;4-9H,3H2,1-2H3. The highest BCUT2D eigenvalue weighted by atomic mass is 32.2. The largest absolute Gasteiger partial charge is 0.462 e. The van der Waals surface area contributed by atoms with Crippen LogP contribution in [-0.4, -0.2) is 47.9 Å². The first kappa shape index (κ1) is 29.5. The lowest BCUT2D eigenvalue weighted by atomic mass is 9.83. The molecule has 0 fully saturated rings. The van der Waals surface area contributed by atoms with Crippen LogP contribution >= 0.6 is 11.8 Å². The molecule has 0 radical (unpaired) electrons. The summed E-state index contributed by atoms with van der Waals surface area (Å²) in [5, 5.41) is 9.68. The van der Waals surface area contributed by atoms with Gasteiger partial charge in [0.1, 0.15) is 19.3 Å². The number of hydrogen-bond donors (Lipinski definition) is 1. The van der Waals surface area contributed by atoms with Crippen molar-refractivity contribution in [2.24, 2.45) is 5.41 Å². The van der Waals surface area contributed by atoms with Gasteiger partial charge in [0.05, 0.1) is 11.2 Å². The van der Waals surface area contributed by atoms with Crippen molar-refractivity contribution in [2.75, 3.05) is 24.7 Å². The van der Waals surface area contributed by atoms with Gasteiger partial charge < -0.3 is 14.6 Å². The van der Waals surface area contributed by atoms with Crippen LogP contribution in [0.25, 0.3) is 0 Å². The Labute approximate surface area is 193 Å². The Morgan fingerprint density at radius 3 is 2.19 bits per heavy atom. The van der Waals surface area contributed by atoms with E-state index in [0.717, 1.165) is 18.6 Å². The first-order valence-corrected chi connectivity index (χ1v) is 12.5. The van der Waals surface area contributed by atoms with Crippen molar-refractivity contribution in [3.05, 3.63) is 35.9 Å². The Kier molecular flexibility index (Phi) is 16.2. The Hall–Kier alpha value is -1.53. The first-order chi connectivity index (χ1) is 14.7. The fourth-order valence-corrected chi connectivity index (χ4v) is 3.26. The minimum absolute atomic E-state index is 0.146. The molecular formula is C25H42O5S. The van der Waals surface area contributed by atoms with Crippen LogP contribution in [0.3, 0.4) is 0 Å². The molecule has 0 aliphatic heterocycles. The van der Waals surface area contributed by atoms with Crippen molar-refractivity contribution in [2.45, 2.75) is 79.2 Å². The topological polar surface area (TPSA) is 72.8 Å². The second-order valence-electron chi connectivity index (χ2n) is 7.96. The number of esters is 2. The zero-order valence-corrected chi connectivity index (χ0v) is 21.0. The second-order valence-corrected chi connectivity index (χ2v) is 9.23. The van der Waals surface area contributed by atoms with Gasteiger partial charge in [-0.05, 0) is 43.4 Å². The van der Waals surface area contributed by atoms with Gasteiger partial charge in [0.15, 0.2) is 0 Å². The highest BCUT2D eigenvalue weighted by molar-refractivity contribution is 7.99. The number of carbonyl (C=O) groups is 2. The zero-order valence-electron chi connectivity index (χ0n) is 20.2. The van der Waals surface area contributed by atoms with E-state index < -0.39 is 11.5 Å². The van der Waals surface area contributed by atoms with E-state index in [9.17, 15) is 14.7 Å². The number of aliphatic hydroxyl groups excluding tert-OH is 1. The van der Waals surface area contributed by atoms with Crippen molar-refractivity contribution in [3.63, 3.8) is 0 Å². The summed E-state index contributed by atoms with van der Waals surface area (Å²) in [5.74, 6) is 1.15. The molecule has 0 spiro atoms. The number of benzene rings is 1. The predicted octanol–water partition coefficient (Wildman–Crippen LogP) is 5.60. The van der Waals surface area contributed by atoms with E-state index in [0.29, 0.717) is 12.3 Å². The maximum atomic E-state index is 12.0. The van der Waals surface area contributed by atoms with Gasteiger partial charge >= 0.3 is 11.9 Å². The van der Waals surface area contributed by atoms with Crippen LogP contribution < -0.4 is 0 Å². The van der Waals surface area contributed by atoms with E-state index in [4.69, 9.17) is 9.47 Å². The monoisotopic (exact) mass is 454 g/mol. The third kappa shape index (κ3) is 12.8. The molecule has 3 atom stereocenters. The Bertz CT molecular complexity index is 607. The lowest BCUT2D eigenvalue weighted by Crippen LogP contribution is -2.33. The van der Waals surface area contributed by atoms with Gasteiger partial charge in [0.25, 0.3) is 0 Å². The lowest BCUT2D eigenvalue weighted by Gasteiger charge is -2.25. The molecule has 1 N–H and O–H groups in total. The number of aliphatic hydroxyl groups is 1. The fourth-order valence-electron chi connectivity index (χ4n) is 2.80. The Balaban J connectivity index is 0.000000743. The fraction of sp³-hybridized carbons (Fsp3) is 0.680. The molecule has 0 heterocycles. The summed E-state index contributed by atoms with van der Waals surface area (Å²) in [5.41, 5.74) is 0.938. The summed E-state index contributed by atoms with van der Waals surface area (Å²) >= 11 is 1.46. The molecule has 178 valence electrons. The summed E-state index contributed by atoms with van der Waals surface area (Å²) in [6, 6.07) is 10.6. The van der Waals surface area contributed by atoms with Crippen LogP contribution in [0.5, 0.6) is 0 Å². The molecular weight excluding hydrogens is 412 g/mol. The number of thioether (sulfide) groups is 1. The minimum atomic E-state index is -0.979. The average Bonchev–Trinajstić information content (AvgIpc) is 2.80. The number of ether oxygens (including phenoxy) is 2. The van der Waals surface area contributed by atoms with Gasteiger partial charge in [-0.2, -0.15) is 11.8 Å². The normalized spacial score (nSPS) is 14.4. The van der Waals surface area contributed by atoms with Crippen LogP contribution in [0.4, 0.5) is 0 Å². The molecule has 0 aliphatic carbocycles. The molecule has 0 saturated carbocycles. The summed E-state index contributed by atoms with van der Waals surface area (Å²) in [6.07, 6.45) is 2.59. The van der Waals surface area contributed by atoms with Crippen LogP contribution in [-0.2, 0) is 19.1 Å². The van der Waals surface area contributed by atoms with Crippen molar-refractivity contribution < 1.29 is 24.2 Å². The molecule has 5 nitrogen and oxygen atoms in total. The molecule has 0 bridgehead atoms. The van der Waals surface area contributed by atoms with Crippen LogP contribution in [0.15, 0.2) is 30.3 Å². The molecule has 1 aromatic rings. The van der Waals surface area contributed by atoms with Crippen LogP contribution in [0.2, 0.25) is 0 Å². The molecule has 3 unspecified atom stereocenters. The Morgan fingerprint density at radius 1 is 1.06 bits per heavy atom. The van der Waals surface area contributed by atoms with Crippen molar-refractivity contribution in [1.82, 2.24) is 0 Å². The van der Waals surface area contributed by atoms with Crippen molar-refractivity contribution >= 4 is 23.7 Å². The van der Waals surface area contributed by atoms with Gasteiger partial charge in [-0.15, -0.1) is 0 Å². The first-order valence-electron chi connectivity index (χ1n) is 11.4. The highest BCUT2D eigenvalue weighted by Gasteiger charge is 2.32. The number of rotatable bonds is 13. The predicted molar refractivity (Wildman–Crippen MR) is 129 cm³/mol. The second kappa shape index (κ2) is 17.1. The molecule has 1 rings (SSSR count). The van der Waals surface area contributed by atoms with E-state index in [1.807, 2.05) is 27.7 Å². The van der Waals surface area contributed by atoms with E-state index in [-0.39, 0.29) is 30.9 Å². The quantitative estimate of drug-likeness (QED) is 0.391. The lowest BCUT2D eigenvalue weighted by molar-refractivity contribution is -0.160. The Morgan fingerprint density at radius 2 is 1.68 bits per heavy atom. The number of carbonyl (C=O) groups excluding carboxylic acids is 2. The molecule has 6 heteroatoms. The van der Waals surface area contributed by atoms with Gasteiger partial charge in [0, 0.05) is 0 Å².